The van der Waals surface area contributed by atoms with Gasteiger partial charge in [0.1, 0.15) is 28.6 Å². The van der Waals surface area contributed by atoms with E-state index in [4.69, 9.17) is 10.5 Å². The third-order valence-corrected chi connectivity index (χ3v) is 9.03. The van der Waals surface area contributed by atoms with Crippen molar-refractivity contribution in [2.45, 2.75) is 50.4 Å². The highest BCUT2D eigenvalue weighted by atomic mass is 16.5. The molecule has 0 radical (unpaired) electrons. The van der Waals surface area contributed by atoms with E-state index in [1.165, 1.54) is 25.0 Å². The van der Waals surface area contributed by atoms with Crippen molar-refractivity contribution in [2.75, 3.05) is 34.3 Å². The van der Waals surface area contributed by atoms with Crippen LogP contribution in [0.2, 0.25) is 0 Å². The normalized spacial score (nSPS) is 29.4. The van der Waals surface area contributed by atoms with Crippen LogP contribution in [0.5, 0.6) is 11.5 Å². The molecule has 0 aromatic heterocycles. The number of phenols is 1. The molecule has 1 saturated heterocycles. The fourth-order valence-corrected chi connectivity index (χ4v) is 7.35. The maximum Gasteiger partial charge on any atom is 0.255 e. The Hall–Kier alpha value is -3.94. The lowest BCUT2D eigenvalue weighted by Crippen LogP contribution is -2.65. The van der Waals surface area contributed by atoms with E-state index in [1.807, 2.05) is 0 Å². The number of amides is 2. The fraction of sp³-hybridized carbons (Fsp3) is 0.517. The van der Waals surface area contributed by atoms with E-state index < -0.39 is 58.0 Å². The molecule has 0 spiro atoms. The number of nitrogens with one attached hydrogen (secondary N) is 1. The number of hydrogen-bond acceptors (Lipinski definition) is 11. The highest BCUT2D eigenvalue weighted by Gasteiger charge is 2.64. The monoisotopic (exact) mass is 584 g/mol. The molecule has 1 heterocycles. The molecule has 2 amide bonds. The lowest BCUT2D eigenvalue weighted by molar-refractivity contribution is -0.153. The average molecular weight is 585 g/mol. The largest absolute Gasteiger partial charge is 0.508 e. The van der Waals surface area contributed by atoms with E-state index in [-0.39, 0.29) is 41.7 Å². The maximum absolute atomic E-state index is 14.0. The summed E-state index contributed by atoms with van der Waals surface area (Å²) in [5.74, 6) is -6.69. The van der Waals surface area contributed by atoms with Gasteiger partial charge in [-0.25, -0.2) is 0 Å². The number of hydrogen-bond donors (Lipinski definition) is 6. The number of aliphatic hydroxyl groups excluding tert-OH is 2. The first-order valence-electron chi connectivity index (χ1n) is 13.8. The topological polar surface area (TPSA) is 203 Å². The first kappa shape index (κ1) is 29.5. The molecule has 4 aliphatic rings. The number of likely N-dealkylation sites (tertiary alicyclic amines) is 1. The second-order valence-corrected chi connectivity index (χ2v) is 11.8. The number of rotatable bonds is 6. The molecule has 5 rings (SSSR count). The van der Waals surface area contributed by atoms with Crippen molar-refractivity contribution in [3.8, 4) is 11.5 Å². The lowest BCUT2D eigenvalue weighted by atomic mass is 9.57. The molecule has 0 unspecified atom stereocenters. The number of carbonyl (C=O) groups excluding carboxylic acids is 4. The Morgan fingerprint density at radius 1 is 1.24 bits per heavy atom. The van der Waals surface area contributed by atoms with Gasteiger partial charge in [0.2, 0.25) is 11.7 Å². The number of methoxy groups -OCH3 is 1. The van der Waals surface area contributed by atoms with E-state index in [2.05, 4.69) is 10.2 Å². The number of carbonyl (C=O) groups is 4. The van der Waals surface area contributed by atoms with Crippen molar-refractivity contribution < 1.29 is 44.3 Å². The van der Waals surface area contributed by atoms with Crippen molar-refractivity contribution >= 4 is 29.1 Å². The van der Waals surface area contributed by atoms with Gasteiger partial charge in [0, 0.05) is 55.2 Å². The number of aliphatic hydroxyl groups is 3. The summed E-state index contributed by atoms with van der Waals surface area (Å²) in [5.41, 5.74) is 2.70. The first-order valence-corrected chi connectivity index (χ1v) is 13.8. The predicted octanol–water partition coefficient (Wildman–Crippen LogP) is -0.317. The number of nitrogens with zero attached hydrogens (tertiary/aromatic N) is 2. The van der Waals surface area contributed by atoms with Crippen molar-refractivity contribution in [1.29, 1.82) is 0 Å². The number of primary amides is 1. The number of benzene rings is 1. The summed E-state index contributed by atoms with van der Waals surface area (Å²) in [6.07, 6.45) is 0.892. The molecule has 1 aromatic carbocycles. The quantitative estimate of drug-likeness (QED) is 0.239. The summed E-state index contributed by atoms with van der Waals surface area (Å²) in [6, 6.07) is 0.301. The van der Waals surface area contributed by atoms with Crippen LogP contribution in [0.1, 0.15) is 36.5 Å². The molecule has 1 aromatic rings. The summed E-state index contributed by atoms with van der Waals surface area (Å²) < 4.78 is 5.78. The lowest BCUT2D eigenvalue weighted by Gasteiger charge is -2.50. The van der Waals surface area contributed by atoms with Gasteiger partial charge in [-0.2, -0.15) is 0 Å². The summed E-state index contributed by atoms with van der Waals surface area (Å²) >= 11 is 0. The Kier molecular flexibility index (Phi) is 7.32. The molecule has 1 aliphatic heterocycles. The van der Waals surface area contributed by atoms with Gasteiger partial charge >= 0.3 is 0 Å². The molecule has 1 saturated carbocycles. The standard InChI is InChI=1S/C29H36N4O9/c1-12(34)31-15-5-6-33(11-15)10-14-9-18(35)20-16(25(14)42-4)7-13-8-17-22(32(2)3)24(37)21(28(30)40)27(39)29(17,41)26(38)19(13)23(20)36/h9,13,15,17,22,35-36,39,41H,5-8,10-11H2,1-4H3,(H2,30,40)(H,31,34)/t13-,15-,17-,22-,29-/m0/s1. The van der Waals surface area contributed by atoms with Gasteiger partial charge in [-0.05, 0) is 45.3 Å². The number of nitrogens with two attached hydrogens (primary N) is 1. The van der Waals surface area contributed by atoms with Gasteiger partial charge in [-0.3, -0.25) is 29.0 Å². The van der Waals surface area contributed by atoms with E-state index in [9.17, 15) is 39.6 Å². The number of ketones is 2. The maximum atomic E-state index is 14.0. The van der Waals surface area contributed by atoms with Gasteiger partial charge in [-0.15, -0.1) is 0 Å². The molecule has 226 valence electrons. The van der Waals surface area contributed by atoms with Crippen LogP contribution >= 0.6 is 0 Å². The number of phenolic OH excluding ortho intramolecular Hbond substituents is 1. The van der Waals surface area contributed by atoms with Crippen LogP contribution in [-0.2, 0) is 32.1 Å². The Balaban J connectivity index is 1.59. The number of aromatic hydroxyl groups is 1. The average Bonchev–Trinajstić information content (AvgIpc) is 3.31. The number of ether oxygens (including phenoxy) is 1. The van der Waals surface area contributed by atoms with Crippen molar-refractivity contribution in [3.63, 3.8) is 0 Å². The van der Waals surface area contributed by atoms with Gasteiger partial charge in [0.15, 0.2) is 11.4 Å². The molecule has 13 heteroatoms. The first-order chi connectivity index (χ1) is 19.7. The smallest absolute Gasteiger partial charge is 0.255 e. The predicted molar refractivity (Wildman–Crippen MR) is 148 cm³/mol. The third-order valence-electron chi connectivity index (χ3n) is 9.03. The molecule has 2 fully saturated rings. The Morgan fingerprint density at radius 2 is 1.93 bits per heavy atom. The summed E-state index contributed by atoms with van der Waals surface area (Å²) in [6.45, 7) is 3.19. The third kappa shape index (κ3) is 4.34. The van der Waals surface area contributed by atoms with E-state index in [0.717, 1.165) is 6.42 Å². The highest BCUT2D eigenvalue weighted by molar-refractivity contribution is 6.24. The van der Waals surface area contributed by atoms with Crippen LogP contribution in [0.15, 0.2) is 23.0 Å². The fourth-order valence-electron chi connectivity index (χ4n) is 7.35. The number of likely N-dealkylation sites (N-methyl/N-ethyl adjacent to an activating group) is 1. The summed E-state index contributed by atoms with van der Waals surface area (Å²) in [7, 11) is 4.57. The second-order valence-electron chi connectivity index (χ2n) is 11.8. The van der Waals surface area contributed by atoms with Crippen LogP contribution in [0.25, 0.3) is 5.76 Å². The van der Waals surface area contributed by atoms with E-state index in [1.54, 1.807) is 14.1 Å². The van der Waals surface area contributed by atoms with Crippen LogP contribution in [0.4, 0.5) is 0 Å². The number of fused-ring (bicyclic) bond motifs is 3. The zero-order valence-corrected chi connectivity index (χ0v) is 23.9. The van der Waals surface area contributed by atoms with Gasteiger partial charge in [0.05, 0.1) is 18.7 Å². The van der Waals surface area contributed by atoms with Crippen LogP contribution in [0, 0.1) is 11.8 Å². The van der Waals surface area contributed by atoms with Crippen molar-refractivity contribution in [2.24, 2.45) is 17.6 Å². The number of Topliss-reactive ketones (excluding diaryl/α,β-unsaturated/α-hetero) is 2. The minimum absolute atomic E-state index is 0.00430. The van der Waals surface area contributed by atoms with E-state index >= 15 is 0 Å². The van der Waals surface area contributed by atoms with Crippen LogP contribution in [-0.4, -0.2) is 106 Å². The molecule has 3 aliphatic carbocycles. The zero-order valence-electron chi connectivity index (χ0n) is 23.9. The SMILES string of the molecule is COc1c(CN2CC[C@H](NC(C)=O)C2)cc(O)c2c1C[C@H]1C[C@H]3[C@H](N(C)C)C(=O)C(C(N)=O)=C(O)[C@@]3(O)C(=O)C1=C2O. The Labute approximate surface area is 242 Å². The molecule has 7 N–H and O–H groups in total. The van der Waals surface area contributed by atoms with Gasteiger partial charge in [0.25, 0.3) is 5.91 Å². The van der Waals surface area contributed by atoms with Crippen LogP contribution in [0.3, 0.4) is 0 Å². The zero-order chi connectivity index (χ0) is 30.8. The minimum Gasteiger partial charge on any atom is -0.508 e. The van der Waals surface area contributed by atoms with Crippen LogP contribution < -0.4 is 15.8 Å². The van der Waals surface area contributed by atoms with Crippen molar-refractivity contribution in [1.82, 2.24) is 15.1 Å². The minimum atomic E-state index is -2.69. The highest BCUT2D eigenvalue weighted by Crippen LogP contribution is 2.54. The molecule has 42 heavy (non-hydrogen) atoms. The molecule has 0 bridgehead atoms. The second kappa shape index (κ2) is 10.4. The van der Waals surface area contributed by atoms with E-state index in [0.29, 0.717) is 36.5 Å². The molecular weight excluding hydrogens is 548 g/mol. The van der Waals surface area contributed by atoms with Crippen molar-refractivity contribution in [3.05, 3.63) is 39.7 Å². The summed E-state index contributed by atoms with van der Waals surface area (Å²) in [4.78, 5) is 54.4. The van der Waals surface area contributed by atoms with Gasteiger partial charge < -0.3 is 36.2 Å². The summed E-state index contributed by atoms with van der Waals surface area (Å²) in [5, 5.41) is 48.1. The Morgan fingerprint density at radius 3 is 2.52 bits per heavy atom. The molecular formula is C29H36N4O9. The molecule has 5 atom stereocenters. The Bertz CT molecular complexity index is 1470. The van der Waals surface area contributed by atoms with Gasteiger partial charge in [-0.1, -0.05) is 0 Å². The molecule has 13 nitrogen and oxygen atoms in total.